The second-order valence-electron chi connectivity index (χ2n) is 16.7. The zero-order valence-electron chi connectivity index (χ0n) is 31.9. The largest absolute Gasteiger partial charge is 0.368 e. The Morgan fingerprint density at radius 1 is 0.860 bits per heavy atom. The molecule has 9 rings (SSSR count). The van der Waals surface area contributed by atoms with Crippen LogP contribution in [0.3, 0.4) is 0 Å². The Bertz CT molecular complexity index is 2170. The first-order chi connectivity index (χ1) is 27.4. The molecule has 0 aliphatic carbocycles. The first-order valence-corrected chi connectivity index (χ1v) is 20.2. The zero-order chi connectivity index (χ0) is 39.6. The lowest BCUT2D eigenvalue weighted by Crippen LogP contribution is -2.65. The number of halogens is 2. The molecule has 7 heterocycles. The van der Waals surface area contributed by atoms with E-state index in [0.29, 0.717) is 29.0 Å². The summed E-state index contributed by atoms with van der Waals surface area (Å²) in [5, 5.41) is 2.72. The van der Waals surface area contributed by atoms with Crippen LogP contribution in [0.4, 0.5) is 33.0 Å². The second kappa shape index (κ2) is 14.3. The number of piperidine rings is 2. The maximum Gasteiger partial charge on any atom is 0.262 e. The van der Waals surface area contributed by atoms with Gasteiger partial charge in [0, 0.05) is 81.2 Å². The molecule has 1 unspecified atom stereocenters. The molecule has 6 aliphatic heterocycles. The summed E-state index contributed by atoms with van der Waals surface area (Å²) in [5.41, 5.74) is 2.57. The molecule has 6 aliphatic rings. The molecule has 5 saturated heterocycles. The molecular weight excluding hydrogens is 749 g/mol. The van der Waals surface area contributed by atoms with Gasteiger partial charge < -0.3 is 19.6 Å². The monoisotopic (exact) mass is 793 g/mol. The van der Waals surface area contributed by atoms with Gasteiger partial charge in [0.05, 0.1) is 42.7 Å². The number of pyridine rings is 1. The van der Waals surface area contributed by atoms with Crippen LogP contribution in [0.5, 0.6) is 0 Å². The van der Waals surface area contributed by atoms with Gasteiger partial charge in [0.15, 0.2) is 5.67 Å². The summed E-state index contributed by atoms with van der Waals surface area (Å²) in [7, 11) is 0. The van der Waals surface area contributed by atoms with Gasteiger partial charge in [-0.2, -0.15) is 0 Å². The van der Waals surface area contributed by atoms with E-state index in [0.717, 1.165) is 87.2 Å². The van der Waals surface area contributed by atoms with E-state index in [2.05, 4.69) is 48.8 Å². The lowest BCUT2D eigenvalue weighted by molar-refractivity contribution is -0.136. The third-order valence-corrected chi connectivity index (χ3v) is 13.3. The lowest BCUT2D eigenvalue weighted by atomic mass is 9.77. The van der Waals surface area contributed by atoms with Crippen LogP contribution in [0, 0.1) is 12.0 Å². The van der Waals surface area contributed by atoms with Gasteiger partial charge in [-0.15, -0.1) is 0 Å². The van der Waals surface area contributed by atoms with Crippen molar-refractivity contribution in [2.45, 2.75) is 56.8 Å². The fraction of sp³-hybridized carbons (Fsp3) is 0.476. The van der Waals surface area contributed by atoms with Gasteiger partial charge in [0.1, 0.15) is 11.9 Å². The van der Waals surface area contributed by atoms with E-state index in [1.165, 1.54) is 0 Å². The number of aromatic nitrogens is 1. The van der Waals surface area contributed by atoms with Crippen molar-refractivity contribution >= 4 is 63.8 Å². The number of anilines is 4. The molecule has 2 atom stereocenters. The number of fused-ring (bicyclic) bond motifs is 1. The molecule has 296 valence electrons. The average molecular weight is 794 g/mol. The summed E-state index contributed by atoms with van der Waals surface area (Å²) in [6.07, 6.45) is 5.45. The van der Waals surface area contributed by atoms with Crippen molar-refractivity contribution in [1.82, 2.24) is 20.1 Å². The van der Waals surface area contributed by atoms with Crippen LogP contribution in [0.25, 0.3) is 4.85 Å². The molecule has 3 aromatic rings. The van der Waals surface area contributed by atoms with E-state index in [1.54, 1.807) is 18.2 Å². The summed E-state index contributed by atoms with van der Waals surface area (Å²) >= 11 is 6.38. The highest BCUT2D eigenvalue weighted by Crippen LogP contribution is 2.46. The van der Waals surface area contributed by atoms with E-state index < -0.39 is 35.3 Å². The Hall–Kier alpha value is -5.26. The predicted molar refractivity (Wildman–Crippen MR) is 215 cm³/mol. The van der Waals surface area contributed by atoms with Crippen molar-refractivity contribution in [3.8, 4) is 0 Å². The Morgan fingerprint density at radius 2 is 1.58 bits per heavy atom. The maximum atomic E-state index is 16.0. The number of amides is 4. The van der Waals surface area contributed by atoms with Crippen molar-refractivity contribution < 1.29 is 23.6 Å². The number of benzene rings is 2. The molecule has 0 bridgehead atoms. The predicted octanol–water partition coefficient (Wildman–Crippen LogP) is 4.92. The van der Waals surface area contributed by atoms with Crippen LogP contribution in [0.15, 0.2) is 54.7 Å². The van der Waals surface area contributed by atoms with Crippen molar-refractivity contribution in [1.29, 1.82) is 0 Å². The van der Waals surface area contributed by atoms with E-state index >= 15 is 4.39 Å². The fourth-order valence-electron chi connectivity index (χ4n) is 9.90. The fourth-order valence-corrected chi connectivity index (χ4v) is 10.1. The third kappa shape index (κ3) is 6.84. The Labute approximate surface area is 336 Å². The number of nitrogens with one attached hydrogen (secondary N) is 1. The van der Waals surface area contributed by atoms with Crippen LogP contribution in [0.1, 0.15) is 59.7 Å². The minimum atomic E-state index is -1.40. The summed E-state index contributed by atoms with van der Waals surface area (Å²) in [6.45, 7) is 16.2. The van der Waals surface area contributed by atoms with Crippen LogP contribution in [-0.4, -0.2) is 122 Å². The van der Waals surface area contributed by atoms with Gasteiger partial charge in [0.2, 0.25) is 17.5 Å². The SMILES string of the molecule is [C-]#[N+]c1ccc(N2CC3(CCN(c4ccc(N5CCN(CC6(F)CN(c7ccc8c(c7)C(=O)N(C7CCC(=O)NC7=O)C8=O)C6)CC5)cn4)CC3)C[C@@H]2C)cc1Cl. The smallest absolute Gasteiger partial charge is 0.262 e. The molecule has 13 nitrogen and oxygen atoms in total. The number of carbonyl (C=O) groups is 4. The second-order valence-corrected chi connectivity index (χ2v) is 17.1. The van der Waals surface area contributed by atoms with E-state index in [9.17, 15) is 19.2 Å². The van der Waals surface area contributed by atoms with E-state index in [-0.39, 0.29) is 42.5 Å². The zero-order valence-corrected chi connectivity index (χ0v) is 32.7. The quantitative estimate of drug-likeness (QED) is 0.261. The first kappa shape index (κ1) is 37.3. The molecular formula is C42H45ClFN9O4. The highest BCUT2D eigenvalue weighted by Gasteiger charge is 2.48. The summed E-state index contributed by atoms with van der Waals surface area (Å²) < 4.78 is 16.0. The van der Waals surface area contributed by atoms with E-state index in [4.69, 9.17) is 23.2 Å². The highest BCUT2D eigenvalue weighted by atomic mass is 35.5. The Balaban J connectivity index is 0.739. The topological polar surface area (TPSA) is 117 Å². The molecule has 0 radical (unpaired) electrons. The molecule has 2 aromatic carbocycles. The van der Waals surface area contributed by atoms with Crippen LogP contribution in [0.2, 0.25) is 5.02 Å². The Morgan fingerprint density at radius 3 is 2.26 bits per heavy atom. The summed E-state index contributed by atoms with van der Waals surface area (Å²) in [6, 6.07) is 14.3. The number of hydrogen-bond acceptors (Lipinski definition) is 10. The van der Waals surface area contributed by atoms with Crippen LogP contribution >= 0.6 is 11.6 Å². The first-order valence-electron chi connectivity index (χ1n) is 19.8. The van der Waals surface area contributed by atoms with Crippen LogP contribution < -0.4 is 24.9 Å². The highest BCUT2D eigenvalue weighted by molar-refractivity contribution is 6.33. The maximum absolute atomic E-state index is 16.0. The number of rotatable bonds is 7. The third-order valence-electron chi connectivity index (χ3n) is 13.0. The molecule has 1 N–H and O–H groups in total. The van der Waals surface area contributed by atoms with Crippen molar-refractivity contribution in [3.05, 3.63) is 82.3 Å². The van der Waals surface area contributed by atoms with Gasteiger partial charge >= 0.3 is 0 Å². The molecule has 1 spiro atoms. The van der Waals surface area contributed by atoms with Crippen molar-refractivity contribution in [3.63, 3.8) is 0 Å². The minimum absolute atomic E-state index is 0.0580. The Kier molecular flexibility index (Phi) is 9.35. The number of hydrogen-bond donors (Lipinski definition) is 1. The number of piperazine rings is 1. The number of carbonyl (C=O) groups excluding carboxylic acids is 4. The normalized spacial score (nSPS) is 24.5. The van der Waals surface area contributed by atoms with E-state index in [1.807, 2.05) is 29.3 Å². The average Bonchev–Trinajstić information content (AvgIpc) is 3.65. The molecule has 0 saturated carbocycles. The van der Waals surface area contributed by atoms with Gasteiger partial charge in [-0.3, -0.25) is 34.3 Å². The summed E-state index contributed by atoms with van der Waals surface area (Å²) in [5.74, 6) is -1.19. The molecule has 5 fully saturated rings. The van der Waals surface area contributed by atoms with Gasteiger partial charge in [0.25, 0.3) is 11.8 Å². The van der Waals surface area contributed by atoms with Gasteiger partial charge in [-0.1, -0.05) is 17.7 Å². The number of nitrogens with zero attached hydrogens (tertiary/aromatic N) is 8. The standard InChI is InChI=1S/C42H45ClFN9O4/c1-27-21-41(23-52(27)29-4-7-34(45-2)33(43)20-29)11-13-50(14-12-41)36-9-5-30(22-46-36)49-17-15-48(16-18-49)24-42(44)25-51(26-42)28-3-6-31-32(19-28)40(57)53(39(31)56)35-8-10-37(54)47-38(35)55/h3-7,9,19-20,22,27,35H,8,10-18,21,23-26H2,1H3,(H,47,54,55)/t27-,35?/m0/s1. The molecule has 1 aromatic heterocycles. The lowest BCUT2D eigenvalue weighted by Gasteiger charge is -2.49. The minimum Gasteiger partial charge on any atom is -0.368 e. The van der Waals surface area contributed by atoms with Gasteiger partial charge in [-0.25, -0.2) is 14.2 Å². The molecule has 57 heavy (non-hydrogen) atoms. The number of imide groups is 2. The van der Waals surface area contributed by atoms with Crippen LogP contribution in [-0.2, 0) is 9.59 Å². The van der Waals surface area contributed by atoms with Gasteiger partial charge in [-0.05, 0) is 80.5 Å². The van der Waals surface area contributed by atoms with Crippen molar-refractivity contribution in [2.75, 3.05) is 85.0 Å². The summed E-state index contributed by atoms with van der Waals surface area (Å²) in [4.78, 5) is 70.9. The van der Waals surface area contributed by atoms with Crippen molar-refractivity contribution in [2.24, 2.45) is 5.41 Å². The molecule has 15 heteroatoms. The molecule has 4 amide bonds. The number of alkyl halides is 1.